The number of hydrogen-bond donors (Lipinski definition) is 12. The molecular weight excluding hydrogens is 1730 g/mol. The van der Waals surface area contributed by atoms with Crippen LogP contribution in [-0.2, 0) is 43.3 Å². The van der Waals surface area contributed by atoms with Gasteiger partial charge in [-0.05, 0) is 214 Å². The maximum Gasteiger partial charge on any atom is 0.132 e. The molecule has 0 saturated carbocycles. The first-order valence-electron chi connectivity index (χ1n) is 48.1. The predicted octanol–water partition coefficient (Wildman–Crippen LogP) is 33.8. The Labute approximate surface area is 822 Å². The summed E-state index contributed by atoms with van der Waals surface area (Å²) >= 11 is 0. The topological polar surface area (TPSA) is 243 Å². The van der Waals surface area contributed by atoms with Gasteiger partial charge in [-0.15, -0.1) is 0 Å². The number of benzene rings is 18. The van der Waals surface area contributed by atoms with Crippen molar-refractivity contribution in [2.24, 2.45) is 0 Å². The molecule has 0 aromatic heterocycles. The monoisotopic (exact) mass is 1860 g/mol. The van der Waals surface area contributed by atoms with Gasteiger partial charge in [-0.3, -0.25) is 0 Å². The molecule has 18 aromatic carbocycles. The number of fused-ring (bicyclic) bond motifs is 6. The van der Waals surface area contributed by atoms with Gasteiger partial charge < -0.3 is 61.3 Å². The molecule has 0 amide bonds. The average molecular weight is 1860 g/mol. The van der Waals surface area contributed by atoms with Gasteiger partial charge in [0.1, 0.15) is 69.0 Å². The van der Waals surface area contributed by atoms with E-state index in [1.165, 1.54) is 0 Å². The van der Waals surface area contributed by atoms with Crippen molar-refractivity contribution in [3.8, 4) is 169 Å². The van der Waals surface area contributed by atoms with E-state index in [9.17, 15) is 61.3 Å². The van der Waals surface area contributed by atoms with E-state index in [-0.39, 0.29) is 112 Å². The average Bonchev–Trinajstić information content (AvgIpc) is 0.752. The van der Waals surface area contributed by atoms with Crippen molar-refractivity contribution in [1.82, 2.24) is 0 Å². The van der Waals surface area contributed by atoms with Crippen LogP contribution in [0.5, 0.6) is 69.0 Å². The van der Waals surface area contributed by atoms with Crippen LogP contribution in [0.2, 0.25) is 0 Å². The standard InChI is InChI=1S/C48H54O4.2C40H38O4/c1-45(2,3)29-23-35(41(49)37(25-29)47(7,8)9)33-21-27-17-13-15-19-31(27)39(43(33)51)40-32-20-16-14-18-28(32)22-34(44(40)52)36-24-30(46(4,5)6)26-38(42(36)50)48(10,11)12;1-39(2,3)31-19-11-17-27(35(31)41)29-21-23-13-7-9-15-25(23)33(37(29)43)34-26-16-10-8-14-24(26)22-30(38(34)44)28-18-12-20-32(36(28)42)40(4,5)6;1-39(2,3)25-15-17-33(41)29(21-25)31-19-23-11-7-9-13-27(23)35(37(31)43)36-28-14-10-8-12-24(28)20-32(38(36)44)30-22-26(40(4,5)6)16-18-34(30)42/h13-26,49-52H,1-12H3;2*7-22,41-44H,1-6H3. The van der Waals surface area contributed by atoms with Crippen molar-refractivity contribution < 1.29 is 61.3 Å². The van der Waals surface area contributed by atoms with E-state index in [0.29, 0.717) is 100 Å². The summed E-state index contributed by atoms with van der Waals surface area (Å²) in [4.78, 5) is 0. The summed E-state index contributed by atoms with van der Waals surface area (Å²) in [5, 5.41) is 153. The Kier molecular flexibility index (Phi) is 25.1. The minimum atomic E-state index is -0.367. The molecule has 12 heteroatoms. The Balaban J connectivity index is 0.000000152. The highest BCUT2D eigenvalue weighted by Gasteiger charge is 2.36. The lowest BCUT2D eigenvalue weighted by Gasteiger charge is -2.28. The third-order valence-corrected chi connectivity index (χ3v) is 27.6. The van der Waals surface area contributed by atoms with Crippen LogP contribution in [0.4, 0.5) is 0 Å². The molecule has 0 unspecified atom stereocenters. The van der Waals surface area contributed by atoms with Crippen molar-refractivity contribution in [2.75, 3.05) is 0 Å². The van der Waals surface area contributed by atoms with E-state index >= 15 is 0 Å². The van der Waals surface area contributed by atoms with Crippen LogP contribution >= 0.6 is 0 Å². The van der Waals surface area contributed by atoms with Crippen molar-refractivity contribution in [3.05, 3.63) is 324 Å². The van der Waals surface area contributed by atoms with Gasteiger partial charge >= 0.3 is 0 Å². The zero-order valence-corrected chi connectivity index (χ0v) is 84.9. The first-order valence-corrected chi connectivity index (χ1v) is 48.1. The third kappa shape index (κ3) is 18.3. The molecule has 714 valence electrons. The maximum atomic E-state index is 12.6. The number of rotatable bonds is 9. The molecule has 0 aliphatic carbocycles. The second-order valence-electron chi connectivity index (χ2n) is 45.9. The van der Waals surface area contributed by atoms with Crippen LogP contribution in [0.15, 0.2) is 279 Å². The molecule has 12 nitrogen and oxygen atoms in total. The van der Waals surface area contributed by atoms with Crippen LogP contribution in [0.1, 0.15) is 211 Å². The SMILES string of the molecule is CC(C)(C)c1cc(-c2cc3ccccc3c(-c3c(O)c(-c4cc(C(C)(C)C)cc(C(C)(C)C)c4O)cc4ccccc34)c2O)c(O)c(C(C)(C)C)c1.CC(C)(C)c1ccc(O)c(-c2cc3ccccc3c(-c3c(O)c(-c4cc(C(C)(C)C)ccc4O)cc4ccccc34)c2O)c1.CC(C)(C)c1cccc(-c2cc3ccccc3c(-c3c(O)c(-c4cccc(C(C)(C)C)c4O)cc4ccccc34)c2O)c1O. The van der Waals surface area contributed by atoms with Gasteiger partial charge in [-0.25, -0.2) is 0 Å². The maximum absolute atomic E-state index is 12.6. The Morgan fingerprint density at radius 3 is 0.536 bits per heavy atom. The number of para-hydroxylation sites is 2. The molecule has 0 atom stereocenters. The first-order chi connectivity index (χ1) is 65.5. The van der Waals surface area contributed by atoms with Gasteiger partial charge in [0.15, 0.2) is 0 Å². The fraction of sp³-hybridized carbons (Fsp3) is 0.250. The highest BCUT2D eigenvalue weighted by molar-refractivity contribution is 6.18. The number of phenols is 12. The van der Waals surface area contributed by atoms with Gasteiger partial charge in [0.25, 0.3) is 0 Å². The Bertz CT molecular complexity index is 7350. The third-order valence-electron chi connectivity index (χ3n) is 27.6. The molecular formula is C128H130O12. The summed E-state index contributed by atoms with van der Waals surface area (Å²) in [5.41, 5.74) is 13.8. The molecule has 0 spiro atoms. The molecule has 0 radical (unpaired) electrons. The Morgan fingerprint density at radius 2 is 0.321 bits per heavy atom. The van der Waals surface area contributed by atoms with Gasteiger partial charge in [0.05, 0.1) is 0 Å². The summed E-state index contributed by atoms with van der Waals surface area (Å²) in [6.45, 7) is 50.2. The van der Waals surface area contributed by atoms with Crippen LogP contribution in [-0.4, -0.2) is 61.3 Å². The van der Waals surface area contributed by atoms with Crippen molar-refractivity contribution in [3.63, 3.8) is 0 Å². The highest BCUT2D eigenvalue weighted by atomic mass is 16.3. The van der Waals surface area contributed by atoms with Gasteiger partial charge in [-0.1, -0.05) is 372 Å². The second-order valence-corrected chi connectivity index (χ2v) is 45.9. The van der Waals surface area contributed by atoms with E-state index in [4.69, 9.17) is 0 Å². The van der Waals surface area contributed by atoms with Crippen LogP contribution in [0.3, 0.4) is 0 Å². The summed E-state index contributed by atoms with van der Waals surface area (Å²) in [6, 6.07) is 88.3. The van der Waals surface area contributed by atoms with Crippen molar-refractivity contribution in [1.29, 1.82) is 0 Å². The van der Waals surface area contributed by atoms with Crippen LogP contribution < -0.4 is 0 Å². The minimum absolute atomic E-state index is 0.0411. The van der Waals surface area contributed by atoms with E-state index in [1.807, 2.05) is 296 Å². The lowest BCUT2D eigenvalue weighted by atomic mass is 9.77. The molecule has 12 N–H and O–H groups in total. The molecule has 0 saturated heterocycles. The minimum Gasteiger partial charge on any atom is -0.507 e. The quantitative estimate of drug-likeness (QED) is 0.0646. The molecule has 18 aromatic rings. The smallest absolute Gasteiger partial charge is 0.132 e. The first kappa shape index (κ1) is 98.2. The van der Waals surface area contributed by atoms with E-state index in [2.05, 4.69) is 137 Å². The predicted molar refractivity (Wildman–Crippen MR) is 583 cm³/mol. The fourth-order valence-electron chi connectivity index (χ4n) is 19.6. The highest BCUT2D eigenvalue weighted by Crippen LogP contribution is 2.60. The normalized spacial score (nSPS) is 12.5. The fourth-order valence-corrected chi connectivity index (χ4v) is 19.6. The van der Waals surface area contributed by atoms with Crippen molar-refractivity contribution >= 4 is 64.6 Å². The van der Waals surface area contributed by atoms with Crippen LogP contribution in [0.25, 0.3) is 165 Å². The van der Waals surface area contributed by atoms with Gasteiger partial charge in [0, 0.05) is 111 Å². The largest absolute Gasteiger partial charge is 0.507 e. The molecule has 0 bridgehead atoms. The Hall–Kier alpha value is -14.9. The van der Waals surface area contributed by atoms with Gasteiger partial charge in [0.2, 0.25) is 0 Å². The number of hydrogen-bond acceptors (Lipinski definition) is 12. The number of phenolic OH excluding ortho intramolecular Hbond substituents is 12. The lowest BCUT2D eigenvalue weighted by Crippen LogP contribution is -2.17. The van der Waals surface area contributed by atoms with Gasteiger partial charge in [-0.2, -0.15) is 0 Å². The van der Waals surface area contributed by atoms with Crippen molar-refractivity contribution in [2.45, 2.75) is 209 Å². The lowest BCUT2D eigenvalue weighted by molar-refractivity contribution is 0.444. The second kappa shape index (κ2) is 35.8. The molecule has 0 aliphatic heterocycles. The molecule has 18 rings (SSSR count). The molecule has 0 aliphatic rings. The summed E-state index contributed by atoms with van der Waals surface area (Å²) in [6.07, 6.45) is 0. The summed E-state index contributed by atoms with van der Waals surface area (Å²) in [7, 11) is 0. The molecule has 0 heterocycles. The summed E-state index contributed by atoms with van der Waals surface area (Å²) in [5.74, 6) is 0.323. The molecule has 0 fully saturated rings. The van der Waals surface area contributed by atoms with E-state index < -0.39 is 0 Å². The number of aromatic hydroxyl groups is 12. The van der Waals surface area contributed by atoms with E-state index in [0.717, 1.165) is 109 Å². The summed E-state index contributed by atoms with van der Waals surface area (Å²) < 4.78 is 0. The zero-order valence-electron chi connectivity index (χ0n) is 84.9. The Morgan fingerprint density at radius 1 is 0.136 bits per heavy atom. The zero-order chi connectivity index (χ0) is 101. The van der Waals surface area contributed by atoms with Crippen LogP contribution in [0, 0.1) is 0 Å². The van der Waals surface area contributed by atoms with E-state index in [1.54, 1.807) is 12.1 Å². The molecule has 140 heavy (non-hydrogen) atoms.